The average Bonchev–Trinajstić information content (AvgIpc) is 3.39. The summed E-state index contributed by atoms with van der Waals surface area (Å²) in [6.45, 7) is 25.1. The fourth-order valence-electron chi connectivity index (χ4n) is 6.33. The van der Waals surface area contributed by atoms with Crippen LogP contribution in [0.3, 0.4) is 0 Å². The molecular formula is C44H53IrN3OSi-2. The van der Waals surface area contributed by atoms with Gasteiger partial charge in [-0.15, -0.1) is 54.1 Å². The first-order chi connectivity index (χ1) is 23.1. The maximum Gasteiger partial charge on any atom is 0.216 e. The van der Waals surface area contributed by atoms with Crippen LogP contribution in [0.4, 0.5) is 0 Å². The molecule has 0 unspecified atom stereocenters. The number of hydrogen-bond donors (Lipinski definition) is 0. The largest absolute Gasteiger partial charge is 0.486 e. The number of hydrogen-bond acceptors (Lipinski definition) is 4. The van der Waals surface area contributed by atoms with E-state index in [0.29, 0.717) is 17.5 Å². The summed E-state index contributed by atoms with van der Waals surface area (Å²) in [5.41, 5.74) is 10.8. The van der Waals surface area contributed by atoms with Gasteiger partial charge in [-0.1, -0.05) is 102 Å². The number of furan rings is 1. The first-order valence-corrected chi connectivity index (χ1v) is 21.2. The van der Waals surface area contributed by atoms with Gasteiger partial charge in [0.05, 0.1) is 13.7 Å². The predicted octanol–water partition coefficient (Wildman–Crippen LogP) is 11.2. The Balaban J connectivity index is 0.000000230. The zero-order valence-corrected chi connectivity index (χ0v) is 35.2. The van der Waals surface area contributed by atoms with E-state index in [1.807, 2.05) is 30.5 Å². The zero-order chi connectivity index (χ0) is 35.5. The van der Waals surface area contributed by atoms with Gasteiger partial charge in [-0.3, -0.25) is 0 Å². The second-order valence-corrected chi connectivity index (χ2v) is 21.6. The minimum atomic E-state index is -1.37. The Bertz CT molecular complexity index is 2040. The molecule has 0 saturated heterocycles. The van der Waals surface area contributed by atoms with E-state index in [-0.39, 0.29) is 25.5 Å². The summed E-state index contributed by atoms with van der Waals surface area (Å²) in [6, 6.07) is 27.4. The van der Waals surface area contributed by atoms with Crippen LogP contribution in [0.15, 0.2) is 77.5 Å². The standard InChI is InChI=1S/C25H27N2O.C19H26NSi.Ir/c1-15(2)11-18-13-23(26-14-17(18)5)22-8-6-7-20-21-10-9-19(12-16(3)4)27-25(21)28-24(20)22;1-19(2,3)13-16-12-17(15-10-8-7-9-11-15)20-14-18(16)21(4,5)6;/h6-7,9-10,13-16H,11-12H2,1-5H3;7-10,12,14H,13H2,1-6H3;/q2*-1;. The second-order valence-electron chi connectivity index (χ2n) is 16.5. The maximum absolute atomic E-state index is 6.23. The van der Waals surface area contributed by atoms with Crippen molar-refractivity contribution < 1.29 is 24.5 Å². The molecule has 0 aliphatic heterocycles. The van der Waals surface area contributed by atoms with E-state index in [2.05, 4.69) is 135 Å². The van der Waals surface area contributed by atoms with Crippen LogP contribution in [0.1, 0.15) is 70.9 Å². The van der Waals surface area contributed by atoms with Crippen LogP contribution in [0, 0.1) is 36.3 Å². The van der Waals surface area contributed by atoms with E-state index in [1.54, 1.807) is 0 Å². The first-order valence-electron chi connectivity index (χ1n) is 17.7. The molecule has 0 amide bonds. The summed E-state index contributed by atoms with van der Waals surface area (Å²) in [5.74, 6) is 1.16. The van der Waals surface area contributed by atoms with Gasteiger partial charge in [-0.25, -0.2) is 4.98 Å². The van der Waals surface area contributed by atoms with Crippen LogP contribution < -0.4 is 5.19 Å². The Morgan fingerprint density at radius 1 is 0.780 bits per heavy atom. The molecular weight excluding hydrogens is 807 g/mol. The maximum atomic E-state index is 6.23. The van der Waals surface area contributed by atoms with Crippen molar-refractivity contribution >= 4 is 35.3 Å². The molecule has 1 radical (unpaired) electrons. The third-order valence-corrected chi connectivity index (χ3v) is 10.6. The van der Waals surface area contributed by atoms with Gasteiger partial charge >= 0.3 is 0 Å². The van der Waals surface area contributed by atoms with Gasteiger partial charge in [0.25, 0.3) is 0 Å². The Kier molecular flexibility index (Phi) is 12.8. The third-order valence-electron chi connectivity index (χ3n) is 8.58. The molecule has 0 N–H and O–H groups in total. The van der Waals surface area contributed by atoms with Crippen LogP contribution in [-0.4, -0.2) is 23.0 Å². The molecule has 2 aromatic carbocycles. The van der Waals surface area contributed by atoms with Crippen LogP contribution in [-0.2, 0) is 39.4 Å². The Labute approximate surface area is 314 Å². The smallest absolute Gasteiger partial charge is 0.216 e. The van der Waals surface area contributed by atoms with E-state index < -0.39 is 8.07 Å². The molecule has 4 heterocycles. The quantitative estimate of drug-likeness (QED) is 0.113. The molecule has 0 fully saturated rings. The molecule has 50 heavy (non-hydrogen) atoms. The van der Waals surface area contributed by atoms with Crippen molar-refractivity contribution in [2.45, 2.75) is 94.3 Å². The minimum absolute atomic E-state index is 0. The molecule has 0 saturated carbocycles. The molecule has 0 atom stereocenters. The number of aryl methyl sites for hydroxylation is 1. The fourth-order valence-corrected chi connectivity index (χ4v) is 7.91. The summed E-state index contributed by atoms with van der Waals surface area (Å²) in [4.78, 5) is 14.1. The second kappa shape index (κ2) is 16.3. The number of benzene rings is 2. The van der Waals surface area contributed by atoms with Crippen molar-refractivity contribution in [1.29, 1.82) is 0 Å². The van der Waals surface area contributed by atoms with E-state index >= 15 is 0 Å². The summed E-state index contributed by atoms with van der Waals surface area (Å²) in [6.07, 6.45) is 7.15. The van der Waals surface area contributed by atoms with Crippen LogP contribution in [0.25, 0.3) is 44.6 Å². The van der Waals surface area contributed by atoms with Crippen LogP contribution in [0.2, 0.25) is 19.6 Å². The SMILES string of the molecule is CC(C)(C)Cc1cc(-c2[c-]cccc2)ncc1[Si](C)(C)C.Cc1cnc(-c2[c-]ccc3c2oc2nc(CC(C)C)ccc23)cc1CC(C)C.[Ir]. The molecule has 0 spiro atoms. The topological polar surface area (TPSA) is 51.8 Å². The molecule has 6 heteroatoms. The molecule has 0 bridgehead atoms. The number of aromatic nitrogens is 3. The zero-order valence-electron chi connectivity index (χ0n) is 31.8. The minimum Gasteiger partial charge on any atom is -0.486 e. The summed E-state index contributed by atoms with van der Waals surface area (Å²) >= 11 is 0. The average molecular weight is 860 g/mol. The predicted molar refractivity (Wildman–Crippen MR) is 210 cm³/mol. The number of fused-ring (bicyclic) bond motifs is 3. The molecule has 0 aliphatic carbocycles. The molecule has 6 aromatic rings. The van der Waals surface area contributed by atoms with Gasteiger partial charge in [0.1, 0.15) is 0 Å². The van der Waals surface area contributed by atoms with Crippen molar-refractivity contribution in [1.82, 2.24) is 15.0 Å². The Morgan fingerprint density at radius 3 is 2.12 bits per heavy atom. The number of nitrogens with zero attached hydrogens (tertiary/aromatic N) is 3. The van der Waals surface area contributed by atoms with Gasteiger partial charge in [-0.05, 0) is 77.7 Å². The van der Waals surface area contributed by atoms with E-state index in [9.17, 15) is 0 Å². The molecule has 4 aromatic heterocycles. The van der Waals surface area contributed by atoms with Crippen molar-refractivity contribution in [3.63, 3.8) is 0 Å². The van der Waals surface area contributed by atoms with Gasteiger partial charge in [0.15, 0.2) is 0 Å². The van der Waals surface area contributed by atoms with Crippen LogP contribution in [0.5, 0.6) is 0 Å². The van der Waals surface area contributed by atoms with Crippen molar-refractivity contribution in [3.8, 4) is 22.5 Å². The van der Waals surface area contributed by atoms with Gasteiger partial charge in [-0.2, -0.15) is 0 Å². The van der Waals surface area contributed by atoms with Crippen molar-refractivity contribution in [2.24, 2.45) is 17.3 Å². The number of rotatable bonds is 8. The first kappa shape index (κ1) is 39.3. The van der Waals surface area contributed by atoms with Crippen LogP contribution >= 0.6 is 0 Å². The third kappa shape index (κ3) is 9.87. The normalized spacial score (nSPS) is 11.9. The monoisotopic (exact) mass is 860 g/mol. The molecule has 265 valence electrons. The van der Waals surface area contributed by atoms with Gasteiger partial charge in [0.2, 0.25) is 5.71 Å². The Hall–Kier alpha value is -3.44. The summed E-state index contributed by atoms with van der Waals surface area (Å²) in [7, 11) is -1.37. The van der Waals surface area contributed by atoms with Gasteiger partial charge < -0.3 is 14.4 Å². The number of pyridine rings is 3. The molecule has 4 nitrogen and oxygen atoms in total. The van der Waals surface area contributed by atoms with Gasteiger partial charge in [0, 0.05) is 43.6 Å². The fraction of sp³-hybridized carbons (Fsp3) is 0.386. The summed E-state index contributed by atoms with van der Waals surface area (Å²) in [5, 5.41) is 3.60. The van der Waals surface area contributed by atoms with E-state index in [1.165, 1.54) is 21.9 Å². The van der Waals surface area contributed by atoms with E-state index in [0.717, 1.165) is 63.8 Å². The van der Waals surface area contributed by atoms with Crippen molar-refractivity contribution in [2.75, 3.05) is 0 Å². The summed E-state index contributed by atoms with van der Waals surface area (Å²) < 4.78 is 6.23. The Morgan fingerprint density at radius 2 is 1.48 bits per heavy atom. The van der Waals surface area contributed by atoms with E-state index in [4.69, 9.17) is 14.4 Å². The molecule has 6 rings (SSSR count). The molecule has 0 aliphatic rings. The van der Waals surface area contributed by atoms with Crippen molar-refractivity contribution in [3.05, 3.63) is 108 Å².